The molecule has 2 unspecified atom stereocenters. The summed E-state index contributed by atoms with van der Waals surface area (Å²) >= 11 is 0. The van der Waals surface area contributed by atoms with Crippen molar-refractivity contribution in [2.24, 2.45) is 10.2 Å². The number of anilines is 2. The fourth-order valence-electron chi connectivity index (χ4n) is 3.00. The highest BCUT2D eigenvalue weighted by molar-refractivity contribution is 7.50. The Bertz CT molecular complexity index is 1360. The molecule has 222 valence electrons. The van der Waals surface area contributed by atoms with Gasteiger partial charge in [0.05, 0.1) is 0 Å². The van der Waals surface area contributed by atoms with Crippen LogP contribution in [0.15, 0.2) is 119 Å². The Labute approximate surface area is 244 Å². The van der Waals surface area contributed by atoms with Crippen LogP contribution in [0.3, 0.4) is 0 Å². The first-order valence-electron chi connectivity index (χ1n) is 12.7. The molecule has 4 rings (SSSR count). The highest BCUT2D eigenvalue weighted by atomic mass is 31.2. The zero-order chi connectivity index (χ0) is 30.8. The summed E-state index contributed by atoms with van der Waals surface area (Å²) in [6, 6.07) is 34.4. The third-order valence-corrected chi connectivity index (χ3v) is 6.86. The van der Waals surface area contributed by atoms with Crippen LogP contribution in [-0.4, -0.2) is 22.1 Å². The Morgan fingerprint density at radius 2 is 0.881 bits per heavy atom. The fourth-order valence-corrected chi connectivity index (χ4v) is 4.25. The summed E-state index contributed by atoms with van der Waals surface area (Å²) in [5.41, 5.74) is 16.3. The molecule has 0 amide bonds. The van der Waals surface area contributed by atoms with Crippen LogP contribution < -0.4 is 31.5 Å². The van der Waals surface area contributed by atoms with Crippen molar-refractivity contribution in [2.45, 2.75) is 12.8 Å². The number of nitrogen functional groups attached to an aromatic ring is 2. The average molecular weight is 613 g/mol. The lowest BCUT2D eigenvalue weighted by Gasteiger charge is -2.17. The summed E-state index contributed by atoms with van der Waals surface area (Å²) in [4.78, 5) is 36.7. The number of hydrogen-bond acceptors (Lipinski definition) is 8. The molecule has 0 spiro atoms. The van der Waals surface area contributed by atoms with Crippen LogP contribution in [-0.2, 0) is 9.13 Å². The SMILES string of the molecule is Nc1ccc([NH+]=Nc2ccccc2)cc1.Nc1ccc([NH+]=Nc2ccccc2)cc1.O=P([O-])(O)CCCCP(=O)([O-])O. The fraction of sp³-hybridized carbons (Fsp3) is 0.143. The van der Waals surface area contributed by atoms with Gasteiger partial charge in [0.25, 0.3) is 0 Å². The number of rotatable bonds is 9. The van der Waals surface area contributed by atoms with Gasteiger partial charge >= 0.3 is 0 Å². The lowest BCUT2D eigenvalue weighted by atomic mass is 10.3. The van der Waals surface area contributed by atoms with Gasteiger partial charge in [-0.05, 0) is 71.6 Å². The molecule has 0 aliphatic carbocycles. The molecule has 0 aliphatic rings. The summed E-state index contributed by atoms with van der Waals surface area (Å²) in [5.74, 6) is 0. The summed E-state index contributed by atoms with van der Waals surface area (Å²) in [6.07, 6.45) is -0.839. The van der Waals surface area contributed by atoms with Crippen molar-refractivity contribution in [3.05, 3.63) is 109 Å². The second kappa shape index (κ2) is 17.7. The van der Waals surface area contributed by atoms with Gasteiger partial charge in [0.1, 0.15) is 26.6 Å². The number of nitrogens with one attached hydrogen (secondary N) is 2. The number of nitrogens with zero attached hydrogens (tertiary/aromatic N) is 2. The van der Waals surface area contributed by atoms with Crippen LogP contribution in [0, 0.1) is 0 Å². The zero-order valence-electron chi connectivity index (χ0n) is 22.7. The lowest BCUT2D eigenvalue weighted by molar-refractivity contribution is -0.433. The van der Waals surface area contributed by atoms with Crippen molar-refractivity contribution in [1.29, 1.82) is 0 Å². The Kier molecular flexibility index (Phi) is 14.4. The molecule has 0 fully saturated rings. The molecule has 0 aliphatic heterocycles. The summed E-state index contributed by atoms with van der Waals surface area (Å²) in [7, 11) is -8.54. The number of azo groups is 2. The molecule has 2 atom stereocenters. The molecule has 0 heterocycles. The van der Waals surface area contributed by atoms with E-state index in [1.807, 2.05) is 109 Å². The topological polar surface area (TPSA) is 225 Å². The van der Waals surface area contributed by atoms with Crippen LogP contribution in [0.4, 0.5) is 34.1 Å². The van der Waals surface area contributed by atoms with E-state index in [9.17, 15) is 18.9 Å². The molecule has 0 saturated heterocycles. The van der Waals surface area contributed by atoms with Crippen LogP contribution in [0.5, 0.6) is 0 Å². The molecule has 8 N–H and O–H groups in total. The van der Waals surface area contributed by atoms with Crippen molar-refractivity contribution in [1.82, 2.24) is 0 Å². The van der Waals surface area contributed by atoms with Crippen LogP contribution in [0.25, 0.3) is 0 Å². The number of hydrogen-bond donors (Lipinski definition) is 6. The minimum absolute atomic E-state index is 0.0318. The number of unbranched alkanes of at least 4 members (excludes halogenated alkanes) is 1. The molecule has 0 bridgehead atoms. The van der Waals surface area contributed by atoms with Gasteiger partial charge in [-0.1, -0.05) is 46.6 Å². The number of benzene rings is 4. The number of para-hydroxylation sites is 2. The molecule has 0 radical (unpaired) electrons. The van der Waals surface area contributed by atoms with Crippen molar-refractivity contribution in [3.8, 4) is 0 Å². The van der Waals surface area contributed by atoms with E-state index in [1.165, 1.54) is 0 Å². The van der Waals surface area contributed by atoms with Gasteiger partial charge < -0.3 is 40.2 Å². The Morgan fingerprint density at radius 1 is 0.571 bits per heavy atom. The van der Waals surface area contributed by atoms with Crippen LogP contribution >= 0.6 is 15.2 Å². The quantitative estimate of drug-likeness (QED) is 0.0710. The summed E-state index contributed by atoms with van der Waals surface area (Å²) < 4.78 is 20.3. The monoisotopic (exact) mass is 612 g/mol. The maximum atomic E-state index is 10.1. The van der Waals surface area contributed by atoms with Crippen molar-refractivity contribution in [3.63, 3.8) is 0 Å². The van der Waals surface area contributed by atoms with E-state index in [0.717, 1.165) is 34.1 Å². The van der Waals surface area contributed by atoms with Gasteiger partial charge in [-0.3, -0.25) is 0 Å². The predicted molar refractivity (Wildman–Crippen MR) is 159 cm³/mol. The predicted octanol–water partition coefficient (Wildman–Crippen LogP) is 2.39. The normalized spacial score (nSPS) is 13.7. The Hall–Kier alpha value is -4.02. The molecule has 4 aromatic rings. The van der Waals surface area contributed by atoms with E-state index in [-0.39, 0.29) is 12.8 Å². The highest BCUT2D eigenvalue weighted by Gasteiger charge is 2.04. The van der Waals surface area contributed by atoms with E-state index in [0.29, 0.717) is 0 Å². The summed E-state index contributed by atoms with van der Waals surface area (Å²) in [5, 5.41) is 14.3. The molecule has 4 aromatic carbocycles. The van der Waals surface area contributed by atoms with Gasteiger partial charge in [-0.2, -0.15) is 0 Å². The molecule has 12 nitrogen and oxygen atoms in total. The van der Waals surface area contributed by atoms with Gasteiger partial charge in [-0.15, -0.1) is 0 Å². The van der Waals surface area contributed by atoms with Crippen molar-refractivity contribution in [2.75, 3.05) is 23.8 Å². The number of nitrogens with two attached hydrogens (primary N) is 2. The smallest absolute Gasteiger partial charge is 0.229 e. The molecular formula is C28H34N6O6P2. The second-order valence-electron chi connectivity index (χ2n) is 8.79. The van der Waals surface area contributed by atoms with E-state index in [1.54, 1.807) is 0 Å². The largest absolute Gasteiger partial charge is 0.779 e. The van der Waals surface area contributed by atoms with E-state index < -0.39 is 27.5 Å². The zero-order valence-corrected chi connectivity index (χ0v) is 24.5. The average Bonchev–Trinajstić information content (AvgIpc) is 2.96. The standard InChI is InChI=1S/2C12H11N3.C4H12O6P2/c2*13-10-6-8-12(9-7-10)15-14-11-4-2-1-3-5-11;5-11(6,7)3-1-2-4-12(8,9)10/h2*1-9H,13H2;1-4H2,(H2,5,6,7)(H2,8,9,10). The van der Waals surface area contributed by atoms with Crippen molar-refractivity contribution < 1.29 is 38.9 Å². The highest BCUT2D eigenvalue weighted by Crippen LogP contribution is 2.33. The van der Waals surface area contributed by atoms with Gasteiger partial charge in [0.2, 0.25) is 11.4 Å². The van der Waals surface area contributed by atoms with Crippen LogP contribution in [0.2, 0.25) is 0 Å². The molecule has 14 heteroatoms. The Morgan fingerprint density at radius 3 is 1.17 bits per heavy atom. The summed E-state index contributed by atoms with van der Waals surface area (Å²) in [6.45, 7) is 0. The maximum absolute atomic E-state index is 10.1. The first-order chi connectivity index (χ1) is 19.9. The molecule has 42 heavy (non-hydrogen) atoms. The van der Waals surface area contributed by atoms with Crippen LogP contribution in [0.1, 0.15) is 12.8 Å². The van der Waals surface area contributed by atoms with E-state index in [2.05, 4.69) is 20.5 Å². The first-order valence-corrected chi connectivity index (χ1v) is 16.2. The van der Waals surface area contributed by atoms with Crippen molar-refractivity contribution >= 4 is 49.3 Å². The van der Waals surface area contributed by atoms with E-state index in [4.69, 9.17) is 21.3 Å². The van der Waals surface area contributed by atoms with Gasteiger partial charge in [0.15, 0.2) is 0 Å². The molecule has 0 saturated carbocycles. The maximum Gasteiger partial charge on any atom is 0.229 e. The minimum Gasteiger partial charge on any atom is -0.779 e. The molecular weight excluding hydrogens is 578 g/mol. The third kappa shape index (κ3) is 16.9. The van der Waals surface area contributed by atoms with Gasteiger partial charge in [-0.25, -0.2) is 0 Å². The van der Waals surface area contributed by atoms with Gasteiger partial charge in [0, 0.05) is 48.0 Å². The minimum atomic E-state index is -4.27. The lowest BCUT2D eigenvalue weighted by Crippen LogP contribution is -2.57. The Balaban J connectivity index is 0.000000222. The first kappa shape index (κ1) is 34.2. The molecule has 0 aromatic heterocycles. The van der Waals surface area contributed by atoms with E-state index >= 15 is 0 Å². The third-order valence-electron chi connectivity index (χ3n) is 5.09. The second-order valence-corrected chi connectivity index (χ2v) is 12.2.